The van der Waals surface area contributed by atoms with Crippen LogP contribution in [-0.2, 0) is 17.9 Å². The fraction of sp³-hybridized carbons (Fsp3) is 0.364. The Balaban J connectivity index is 1.97. The average molecular weight is 231 g/mol. The molecule has 0 bridgehead atoms. The Morgan fingerprint density at radius 2 is 2.47 bits per heavy atom. The smallest absolute Gasteiger partial charge is 0.120 e. The van der Waals surface area contributed by atoms with Gasteiger partial charge in [0.25, 0.3) is 0 Å². The van der Waals surface area contributed by atoms with E-state index in [9.17, 15) is 0 Å². The predicted molar refractivity (Wildman–Crippen MR) is 60.9 cm³/mol. The highest BCUT2D eigenvalue weighted by molar-refractivity contribution is 5.59. The third-order valence-corrected chi connectivity index (χ3v) is 2.87. The number of aromatic nitrogens is 4. The van der Waals surface area contributed by atoms with Crippen LogP contribution in [0.25, 0.3) is 11.3 Å². The van der Waals surface area contributed by atoms with E-state index in [-0.39, 0.29) is 6.10 Å². The zero-order chi connectivity index (χ0) is 11.7. The summed E-state index contributed by atoms with van der Waals surface area (Å²) in [5.74, 6) is 0. The summed E-state index contributed by atoms with van der Waals surface area (Å²) >= 11 is 0. The minimum absolute atomic E-state index is 0.0333. The summed E-state index contributed by atoms with van der Waals surface area (Å²) in [5, 5.41) is 8.32. The molecule has 6 heteroatoms. The molecule has 0 saturated heterocycles. The summed E-state index contributed by atoms with van der Waals surface area (Å²) in [4.78, 5) is 4.08. The van der Waals surface area contributed by atoms with Crippen molar-refractivity contribution in [3.05, 3.63) is 30.2 Å². The normalized spacial score (nSPS) is 19.0. The van der Waals surface area contributed by atoms with E-state index in [0.717, 1.165) is 17.0 Å². The van der Waals surface area contributed by atoms with Gasteiger partial charge in [0, 0.05) is 24.5 Å². The summed E-state index contributed by atoms with van der Waals surface area (Å²) in [6.07, 6.45) is 3.55. The highest BCUT2D eigenvalue weighted by Gasteiger charge is 2.23. The Morgan fingerprint density at radius 1 is 1.53 bits per heavy atom. The molecule has 0 radical (unpaired) electrons. The van der Waals surface area contributed by atoms with Crippen LogP contribution in [0.15, 0.2) is 24.5 Å². The van der Waals surface area contributed by atoms with Crippen molar-refractivity contribution < 1.29 is 4.74 Å². The minimum atomic E-state index is 0.0333. The van der Waals surface area contributed by atoms with Crippen molar-refractivity contribution in [1.29, 1.82) is 0 Å². The Bertz CT molecular complexity index is 510. The molecule has 2 N–H and O–H groups in total. The van der Waals surface area contributed by atoms with E-state index in [2.05, 4.69) is 15.3 Å². The van der Waals surface area contributed by atoms with Gasteiger partial charge in [0.1, 0.15) is 5.69 Å². The second kappa shape index (κ2) is 4.23. The van der Waals surface area contributed by atoms with Crippen molar-refractivity contribution in [1.82, 2.24) is 20.0 Å². The first-order valence-electron chi connectivity index (χ1n) is 5.53. The van der Waals surface area contributed by atoms with E-state index in [1.165, 1.54) is 0 Å². The van der Waals surface area contributed by atoms with Crippen LogP contribution in [0.2, 0.25) is 0 Å². The Morgan fingerprint density at radius 3 is 3.24 bits per heavy atom. The number of nitrogens with zero attached hydrogens (tertiary/aromatic N) is 4. The molecule has 2 aromatic heterocycles. The van der Waals surface area contributed by atoms with Gasteiger partial charge < -0.3 is 10.5 Å². The molecule has 6 nitrogen and oxygen atoms in total. The number of nitrogens with two attached hydrogens (primary N) is 1. The second-order valence-electron chi connectivity index (χ2n) is 3.98. The molecule has 0 saturated carbocycles. The van der Waals surface area contributed by atoms with Crippen LogP contribution in [0.3, 0.4) is 0 Å². The number of pyridine rings is 1. The monoisotopic (exact) mass is 231 g/mol. The van der Waals surface area contributed by atoms with Gasteiger partial charge in [0.2, 0.25) is 0 Å². The van der Waals surface area contributed by atoms with Gasteiger partial charge in [-0.15, -0.1) is 5.10 Å². The second-order valence-corrected chi connectivity index (χ2v) is 3.98. The molecule has 0 spiro atoms. The Labute approximate surface area is 98.4 Å². The Kier molecular flexibility index (Phi) is 2.58. The number of hydrogen-bond donors (Lipinski definition) is 1. The molecule has 88 valence electrons. The van der Waals surface area contributed by atoms with Crippen LogP contribution in [0, 0.1) is 0 Å². The number of rotatable bonds is 2. The van der Waals surface area contributed by atoms with E-state index in [0.29, 0.717) is 19.7 Å². The van der Waals surface area contributed by atoms with Crippen molar-refractivity contribution in [2.75, 3.05) is 6.54 Å². The van der Waals surface area contributed by atoms with Gasteiger partial charge in [0.15, 0.2) is 0 Å². The van der Waals surface area contributed by atoms with E-state index in [1.807, 2.05) is 16.8 Å². The Hall–Kier alpha value is -1.79. The molecule has 2 aromatic rings. The molecular weight excluding hydrogens is 218 g/mol. The summed E-state index contributed by atoms with van der Waals surface area (Å²) in [7, 11) is 0. The molecule has 0 amide bonds. The van der Waals surface area contributed by atoms with Gasteiger partial charge in [-0.25, -0.2) is 4.68 Å². The van der Waals surface area contributed by atoms with Crippen molar-refractivity contribution in [2.45, 2.75) is 19.3 Å². The fourth-order valence-electron chi connectivity index (χ4n) is 1.93. The van der Waals surface area contributed by atoms with Crippen molar-refractivity contribution in [2.24, 2.45) is 5.73 Å². The standard InChI is InChI=1S/C11H13N5O/c12-4-9-6-16-10(7-17-9)11(14-15-16)8-2-1-3-13-5-8/h1-3,5,9H,4,6-7,12H2/t9-/m1/s1. The summed E-state index contributed by atoms with van der Waals surface area (Å²) in [5.41, 5.74) is 8.37. The first kappa shape index (κ1) is 10.4. The number of fused-ring (bicyclic) bond motifs is 1. The molecule has 17 heavy (non-hydrogen) atoms. The number of ether oxygens (including phenoxy) is 1. The van der Waals surface area contributed by atoms with E-state index in [1.54, 1.807) is 12.4 Å². The van der Waals surface area contributed by atoms with Crippen molar-refractivity contribution in [3.63, 3.8) is 0 Å². The summed E-state index contributed by atoms with van der Waals surface area (Å²) < 4.78 is 7.49. The lowest BCUT2D eigenvalue weighted by molar-refractivity contribution is 0.00639. The topological polar surface area (TPSA) is 78.9 Å². The zero-order valence-electron chi connectivity index (χ0n) is 9.28. The molecule has 3 rings (SSSR count). The van der Waals surface area contributed by atoms with Gasteiger partial charge >= 0.3 is 0 Å². The van der Waals surface area contributed by atoms with Gasteiger partial charge in [-0.1, -0.05) is 5.21 Å². The lowest BCUT2D eigenvalue weighted by atomic mass is 10.1. The summed E-state index contributed by atoms with van der Waals surface area (Å²) in [6, 6.07) is 3.85. The minimum Gasteiger partial charge on any atom is -0.369 e. The van der Waals surface area contributed by atoms with E-state index in [4.69, 9.17) is 10.5 Å². The van der Waals surface area contributed by atoms with E-state index >= 15 is 0 Å². The van der Waals surface area contributed by atoms with E-state index < -0.39 is 0 Å². The van der Waals surface area contributed by atoms with Crippen molar-refractivity contribution >= 4 is 0 Å². The van der Waals surface area contributed by atoms with Gasteiger partial charge in [-0.2, -0.15) is 0 Å². The predicted octanol–water partition coefficient (Wildman–Crippen LogP) is 0.198. The first-order valence-corrected chi connectivity index (χ1v) is 5.53. The largest absolute Gasteiger partial charge is 0.369 e. The SMILES string of the molecule is NC[C@@H]1Cn2nnc(-c3cccnc3)c2CO1. The van der Waals surface area contributed by atoms with Gasteiger partial charge in [-0.05, 0) is 12.1 Å². The van der Waals surface area contributed by atoms with Crippen molar-refractivity contribution in [3.8, 4) is 11.3 Å². The maximum absolute atomic E-state index is 5.63. The zero-order valence-corrected chi connectivity index (χ0v) is 9.28. The lowest BCUT2D eigenvalue weighted by Gasteiger charge is -2.22. The van der Waals surface area contributed by atoms with Crippen LogP contribution < -0.4 is 5.73 Å². The first-order chi connectivity index (χ1) is 8.38. The maximum Gasteiger partial charge on any atom is 0.120 e. The summed E-state index contributed by atoms with van der Waals surface area (Å²) in [6.45, 7) is 1.67. The number of hydrogen-bond acceptors (Lipinski definition) is 5. The average Bonchev–Trinajstić information content (AvgIpc) is 2.82. The maximum atomic E-state index is 5.63. The lowest BCUT2D eigenvalue weighted by Crippen LogP contribution is -2.33. The molecule has 0 fully saturated rings. The fourth-order valence-corrected chi connectivity index (χ4v) is 1.93. The van der Waals surface area contributed by atoms with Crippen LogP contribution in [0.5, 0.6) is 0 Å². The van der Waals surface area contributed by atoms with Crippen LogP contribution in [0.4, 0.5) is 0 Å². The molecular formula is C11H13N5O. The molecule has 0 unspecified atom stereocenters. The molecule has 0 aromatic carbocycles. The quantitative estimate of drug-likeness (QED) is 0.798. The van der Waals surface area contributed by atoms with Crippen LogP contribution >= 0.6 is 0 Å². The molecule has 3 heterocycles. The highest BCUT2D eigenvalue weighted by atomic mass is 16.5. The third kappa shape index (κ3) is 1.81. The van der Waals surface area contributed by atoms with Gasteiger partial charge in [0.05, 0.1) is 24.9 Å². The molecule has 0 aliphatic carbocycles. The van der Waals surface area contributed by atoms with Crippen LogP contribution in [-0.4, -0.2) is 32.6 Å². The van der Waals surface area contributed by atoms with Gasteiger partial charge in [-0.3, -0.25) is 4.98 Å². The molecule has 1 aliphatic rings. The molecule has 1 aliphatic heterocycles. The highest BCUT2D eigenvalue weighted by Crippen LogP contribution is 2.23. The third-order valence-electron chi connectivity index (χ3n) is 2.87. The van der Waals surface area contributed by atoms with Crippen LogP contribution in [0.1, 0.15) is 5.69 Å². The molecule has 1 atom stereocenters.